The number of hydrogen-bond acceptors (Lipinski definition) is 5. The number of rotatable bonds is 11. The zero-order valence-electron chi connectivity index (χ0n) is 28.2. The van der Waals surface area contributed by atoms with Crippen molar-refractivity contribution in [1.29, 1.82) is 0 Å². The fourth-order valence-electron chi connectivity index (χ4n) is 5.44. The number of carbonyl (C=O) groups is 2. The van der Waals surface area contributed by atoms with Crippen molar-refractivity contribution in [2.24, 2.45) is 0 Å². The number of carboxylic acid groups (broad SMARTS) is 1. The highest BCUT2D eigenvalue weighted by molar-refractivity contribution is 6.74. The average Bonchev–Trinajstić information content (AvgIpc) is 3.01. The van der Waals surface area contributed by atoms with E-state index in [4.69, 9.17) is 20.8 Å². The third kappa shape index (κ3) is 8.70. The second-order valence-corrected chi connectivity index (χ2v) is 18.9. The van der Waals surface area contributed by atoms with Crippen molar-refractivity contribution in [3.8, 4) is 16.9 Å². The van der Waals surface area contributed by atoms with E-state index in [1.165, 1.54) is 4.90 Å². The Morgan fingerprint density at radius 1 is 1.07 bits per heavy atom. The van der Waals surface area contributed by atoms with Crippen LogP contribution in [0, 0.1) is 0 Å². The zero-order chi connectivity index (χ0) is 33.6. The Balaban J connectivity index is 1.51. The van der Waals surface area contributed by atoms with Crippen molar-refractivity contribution in [3.63, 3.8) is 0 Å². The fourth-order valence-corrected chi connectivity index (χ4v) is 6.62. The standard InChI is InChI=1S/C36H48ClN3O5Si/c1-36(2,3)46(6,7)45-24-27-22-30(37)31(23-33(27)44-5)38-34(41)16-14-25-13-15-29(26-11-9-8-10-12-26)32(21-25)40(35(42)43)28-17-19-39(4)20-18-28/h8-13,15,21-23,28H,14,16-20,24H2,1-7H3,(H,38,41)(H,42,43). The third-order valence-corrected chi connectivity index (χ3v) is 14.1. The molecule has 1 aliphatic rings. The van der Waals surface area contributed by atoms with Gasteiger partial charge in [0, 0.05) is 29.7 Å². The van der Waals surface area contributed by atoms with E-state index in [2.05, 4.69) is 51.1 Å². The molecule has 2 amide bonds. The summed E-state index contributed by atoms with van der Waals surface area (Å²) in [6.07, 6.45) is 1.18. The molecule has 0 radical (unpaired) electrons. The smallest absolute Gasteiger partial charge is 0.412 e. The highest BCUT2D eigenvalue weighted by Gasteiger charge is 2.37. The van der Waals surface area contributed by atoms with E-state index in [0.29, 0.717) is 35.2 Å². The molecule has 0 atom stereocenters. The summed E-state index contributed by atoms with van der Waals surface area (Å²) in [5, 5.41) is 13.8. The summed E-state index contributed by atoms with van der Waals surface area (Å²) in [5.41, 5.74) is 4.63. The fraction of sp³-hybridized carbons (Fsp3) is 0.444. The Hall–Kier alpha value is -3.37. The van der Waals surface area contributed by atoms with Crippen molar-refractivity contribution >= 4 is 43.3 Å². The molecule has 0 spiro atoms. The van der Waals surface area contributed by atoms with Crippen molar-refractivity contribution in [3.05, 3.63) is 76.8 Å². The Morgan fingerprint density at radius 2 is 1.74 bits per heavy atom. The molecule has 3 aromatic carbocycles. The largest absolute Gasteiger partial charge is 0.496 e. The second-order valence-electron chi connectivity index (χ2n) is 13.6. The van der Waals surface area contributed by atoms with Crippen LogP contribution in [-0.4, -0.2) is 63.6 Å². The Kier molecular flexibility index (Phi) is 11.6. The summed E-state index contributed by atoms with van der Waals surface area (Å²) in [6, 6.07) is 19.1. The second kappa shape index (κ2) is 15.0. The molecule has 46 heavy (non-hydrogen) atoms. The number of carbonyl (C=O) groups excluding carboxylic acids is 1. The van der Waals surface area contributed by atoms with Crippen LogP contribution in [0.2, 0.25) is 23.2 Å². The van der Waals surface area contributed by atoms with E-state index in [-0.39, 0.29) is 23.4 Å². The van der Waals surface area contributed by atoms with Gasteiger partial charge < -0.3 is 24.5 Å². The molecule has 0 bridgehead atoms. The summed E-state index contributed by atoms with van der Waals surface area (Å²) in [7, 11) is 1.67. The maximum Gasteiger partial charge on any atom is 0.412 e. The first-order chi connectivity index (χ1) is 21.7. The van der Waals surface area contributed by atoms with Crippen molar-refractivity contribution in [1.82, 2.24) is 4.90 Å². The Morgan fingerprint density at radius 3 is 2.35 bits per heavy atom. The van der Waals surface area contributed by atoms with Crippen LogP contribution in [0.25, 0.3) is 11.1 Å². The van der Waals surface area contributed by atoms with Crippen LogP contribution in [-0.2, 0) is 22.2 Å². The highest BCUT2D eigenvalue weighted by atomic mass is 35.5. The number of piperidine rings is 1. The maximum atomic E-state index is 13.1. The van der Waals surface area contributed by atoms with Crippen LogP contribution < -0.4 is 15.0 Å². The zero-order valence-corrected chi connectivity index (χ0v) is 29.9. The molecule has 0 saturated carbocycles. The van der Waals surface area contributed by atoms with Crippen LogP contribution in [0.1, 0.15) is 51.2 Å². The van der Waals surface area contributed by atoms with Gasteiger partial charge in [-0.05, 0) is 80.8 Å². The molecule has 10 heteroatoms. The number of benzene rings is 3. The van der Waals surface area contributed by atoms with E-state index in [0.717, 1.165) is 48.2 Å². The highest BCUT2D eigenvalue weighted by Crippen LogP contribution is 2.39. The number of halogens is 1. The summed E-state index contributed by atoms with van der Waals surface area (Å²) in [5.74, 6) is 0.399. The lowest BCUT2D eigenvalue weighted by atomic mass is 9.96. The number of hydrogen-bond donors (Lipinski definition) is 2. The first kappa shape index (κ1) is 35.5. The molecule has 0 unspecified atom stereocenters. The Bertz CT molecular complexity index is 1520. The molecule has 8 nitrogen and oxygen atoms in total. The van der Waals surface area contributed by atoms with Crippen molar-refractivity contribution in [2.75, 3.05) is 37.5 Å². The molecule has 1 heterocycles. The summed E-state index contributed by atoms with van der Waals surface area (Å²) in [6.45, 7) is 13.0. The van der Waals surface area contributed by atoms with Gasteiger partial charge in [-0.25, -0.2) is 4.79 Å². The van der Waals surface area contributed by atoms with Crippen LogP contribution >= 0.6 is 11.6 Å². The maximum absolute atomic E-state index is 13.1. The third-order valence-electron chi connectivity index (χ3n) is 9.35. The Labute approximate surface area is 279 Å². The van der Waals surface area contributed by atoms with E-state index >= 15 is 0 Å². The molecule has 4 rings (SSSR count). The van der Waals surface area contributed by atoms with Gasteiger partial charge in [0.1, 0.15) is 5.75 Å². The summed E-state index contributed by atoms with van der Waals surface area (Å²) >= 11 is 6.62. The monoisotopic (exact) mass is 665 g/mol. The number of amides is 2. The molecule has 1 saturated heterocycles. The van der Waals surface area contributed by atoms with E-state index in [9.17, 15) is 14.7 Å². The van der Waals surface area contributed by atoms with Gasteiger partial charge in [0.05, 0.1) is 30.1 Å². The van der Waals surface area contributed by atoms with Gasteiger partial charge in [0.25, 0.3) is 0 Å². The molecular weight excluding hydrogens is 618 g/mol. The first-order valence-corrected chi connectivity index (χ1v) is 19.2. The lowest BCUT2D eigenvalue weighted by Crippen LogP contribution is -2.46. The van der Waals surface area contributed by atoms with Crippen LogP contribution in [0.3, 0.4) is 0 Å². The minimum absolute atomic E-state index is 0.0688. The van der Waals surface area contributed by atoms with Crippen molar-refractivity contribution < 1.29 is 23.9 Å². The summed E-state index contributed by atoms with van der Waals surface area (Å²) in [4.78, 5) is 29.6. The number of nitrogens with zero attached hydrogens (tertiary/aromatic N) is 2. The lowest BCUT2D eigenvalue weighted by molar-refractivity contribution is -0.116. The quantitative estimate of drug-likeness (QED) is 0.199. The number of likely N-dealkylation sites (tertiary alicyclic amines) is 1. The number of nitrogens with one attached hydrogen (secondary N) is 1. The molecule has 1 fully saturated rings. The number of anilines is 2. The van der Waals surface area contributed by atoms with Crippen LogP contribution in [0.15, 0.2) is 60.7 Å². The van der Waals surface area contributed by atoms with E-state index < -0.39 is 14.4 Å². The van der Waals surface area contributed by atoms with Gasteiger partial charge in [0.2, 0.25) is 5.91 Å². The van der Waals surface area contributed by atoms with Crippen LogP contribution in [0.5, 0.6) is 5.75 Å². The molecule has 248 valence electrons. The van der Waals surface area contributed by atoms with E-state index in [1.807, 2.05) is 48.5 Å². The molecular formula is C36H48ClN3O5Si. The summed E-state index contributed by atoms with van der Waals surface area (Å²) < 4.78 is 12.0. The van der Waals surface area contributed by atoms with Crippen LogP contribution in [0.4, 0.5) is 16.2 Å². The van der Waals surface area contributed by atoms with Gasteiger partial charge in [0.15, 0.2) is 8.32 Å². The molecule has 0 aromatic heterocycles. The number of ether oxygens (including phenoxy) is 1. The van der Waals surface area contributed by atoms with Gasteiger partial charge in [-0.3, -0.25) is 9.69 Å². The minimum Gasteiger partial charge on any atom is -0.496 e. The topological polar surface area (TPSA) is 91.3 Å². The normalized spacial score (nSPS) is 14.6. The SMILES string of the molecule is COc1cc(NC(=O)CCc2ccc(-c3ccccc3)c(N(C(=O)O)C3CCN(C)CC3)c2)c(Cl)cc1CO[Si](C)(C)C(C)(C)C. The minimum atomic E-state index is -1.98. The molecule has 2 N–H and O–H groups in total. The van der Waals surface area contributed by atoms with Gasteiger partial charge in [-0.15, -0.1) is 0 Å². The lowest BCUT2D eigenvalue weighted by Gasteiger charge is -2.36. The molecule has 1 aliphatic heterocycles. The predicted molar refractivity (Wildman–Crippen MR) is 190 cm³/mol. The first-order valence-electron chi connectivity index (χ1n) is 15.9. The molecule has 3 aromatic rings. The molecule has 0 aliphatic carbocycles. The van der Waals surface area contributed by atoms with Crippen molar-refractivity contribution in [2.45, 2.75) is 77.2 Å². The average molecular weight is 666 g/mol. The van der Waals surface area contributed by atoms with Gasteiger partial charge >= 0.3 is 6.09 Å². The predicted octanol–water partition coefficient (Wildman–Crippen LogP) is 8.69. The van der Waals surface area contributed by atoms with Gasteiger partial charge in [-0.1, -0.05) is 74.8 Å². The van der Waals surface area contributed by atoms with Gasteiger partial charge in [-0.2, -0.15) is 0 Å². The number of aryl methyl sites for hydroxylation is 1. The number of methoxy groups -OCH3 is 1. The van der Waals surface area contributed by atoms with E-state index in [1.54, 1.807) is 19.2 Å².